The highest BCUT2D eigenvalue weighted by atomic mass is 35.5. The van der Waals surface area contributed by atoms with Crippen LogP contribution in [0.5, 0.6) is 5.75 Å². The van der Waals surface area contributed by atoms with E-state index in [1.807, 2.05) is 0 Å². The van der Waals surface area contributed by atoms with Crippen LogP contribution < -0.4 is 4.74 Å². The van der Waals surface area contributed by atoms with E-state index in [4.69, 9.17) is 16.3 Å². The van der Waals surface area contributed by atoms with Gasteiger partial charge in [0.2, 0.25) is 0 Å². The first-order valence-electron chi connectivity index (χ1n) is 5.60. The zero-order chi connectivity index (χ0) is 14.9. The molecule has 0 aliphatic heterocycles. The van der Waals surface area contributed by atoms with Crippen molar-refractivity contribution in [1.29, 1.82) is 0 Å². The monoisotopic (exact) mass is 302 g/mol. The minimum absolute atomic E-state index is 0.188. The fraction of sp³-hybridized carbons (Fsp3) is 0.143. The molecule has 2 aromatic carbocycles. The Morgan fingerprint density at radius 3 is 2.25 bits per heavy atom. The standard InChI is InChI=1S/C14H10ClF3O2/c1-20-7-2-3-8(11(16)4-7)14(19)9-5-13(18)10(15)6-12(9)17/h2-6,14,19H,1H3. The second kappa shape index (κ2) is 5.73. The Bertz CT molecular complexity index is 647. The number of aliphatic hydroxyl groups excluding tert-OH is 1. The van der Waals surface area contributed by atoms with E-state index < -0.39 is 34.1 Å². The summed E-state index contributed by atoms with van der Waals surface area (Å²) in [6, 6.07) is 5.17. The Balaban J connectivity index is 2.46. The van der Waals surface area contributed by atoms with Gasteiger partial charge in [-0.2, -0.15) is 0 Å². The molecule has 2 nitrogen and oxygen atoms in total. The highest BCUT2D eigenvalue weighted by Crippen LogP contribution is 2.30. The maximum atomic E-state index is 13.8. The Hall–Kier alpha value is -1.72. The van der Waals surface area contributed by atoms with Gasteiger partial charge in [0.05, 0.1) is 12.1 Å². The van der Waals surface area contributed by atoms with Gasteiger partial charge in [-0.15, -0.1) is 0 Å². The van der Waals surface area contributed by atoms with Crippen LogP contribution in [-0.2, 0) is 0 Å². The van der Waals surface area contributed by atoms with E-state index in [1.165, 1.54) is 19.2 Å². The van der Waals surface area contributed by atoms with Crippen LogP contribution in [0.1, 0.15) is 17.2 Å². The average molecular weight is 303 g/mol. The molecule has 0 heterocycles. The van der Waals surface area contributed by atoms with Crippen molar-refractivity contribution in [2.75, 3.05) is 7.11 Å². The van der Waals surface area contributed by atoms with Gasteiger partial charge in [0.15, 0.2) is 0 Å². The number of halogens is 4. The minimum atomic E-state index is -1.65. The summed E-state index contributed by atoms with van der Waals surface area (Å²) < 4.78 is 45.6. The molecule has 0 saturated heterocycles. The van der Waals surface area contributed by atoms with Crippen LogP contribution in [0.15, 0.2) is 30.3 Å². The maximum Gasteiger partial charge on any atom is 0.142 e. The van der Waals surface area contributed by atoms with Crippen molar-refractivity contribution in [3.8, 4) is 5.75 Å². The summed E-state index contributed by atoms with van der Waals surface area (Å²) in [4.78, 5) is 0. The molecule has 1 N–H and O–H groups in total. The number of rotatable bonds is 3. The largest absolute Gasteiger partial charge is 0.497 e. The van der Waals surface area contributed by atoms with E-state index in [1.54, 1.807) is 0 Å². The van der Waals surface area contributed by atoms with Gasteiger partial charge in [-0.05, 0) is 24.3 Å². The fourth-order valence-electron chi connectivity index (χ4n) is 1.77. The zero-order valence-corrected chi connectivity index (χ0v) is 11.1. The normalized spacial score (nSPS) is 12.3. The molecule has 2 rings (SSSR count). The number of hydrogen-bond donors (Lipinski definition) is 1. The van der Waals surface area contributed by atoms with Crippen LogP contribution in [0.2, 0.25) is 5.02 Å². The van der Waals surface area contributed by atoms with E-state index in [9.17, 15) is 18.3 Å². The summed E-state index contributed by atoms with van der Waals surface area (Å²) in [7, 11) is 1.36. The molecule has 0 aliphatic rings. The molecule has 1 atom stereocenters. The van der Waals surface area contributed by atoms with Gasteiger partial charge in [0, 0.05) is 17.2 Å². The Morgan fingerprint density at radius 1 is 1.00 bits per heavy atom. The maximum absolute atomic E-state index is 13.8. The molecule has 2 aromatic rings. The molecule has 0 aliphatic carbocycles. The number of aliphatic hydroxyl groups is 1. The SMILES string of the molecule is COc1ccc(C(O)c2cc(F)c(Cl)cc2F)c(F)c1. The lowest BCUT2D eigenvalue weighted by Crippen LogP contribution is -2.06. The van der Waals surface area contributed by atoms with Crippen LogP contribution in [0.3, 0.4) is 0 Å². The van der Waals surface area contributed by atoms with Gasteiger partial charge in [-0.1, -0.05) is 11.6 Å². The molecule has 0 bridgehead atoms. The lowest BCUT2D eigenvalue weighted by molar-refractivity contribution is 0.209. The molecule has 0 fully saturated rings. The minimum Gasteiger partial charge on any atom is -0.497 e. The van der Waals surface area contributed by atoms with Crippen molar-refractivity contribution in [3.63, 3.8) is 0 Å². The third kappa shape index (κ3) is 2.73. The Morgan fingerprint density at radius 2 is 1.65 bits per heavy atom. The molecular weight excluding hydrogens is 293 g/mol. The van der Waals surface area contributed by atoms with E-state index in [-0.39, 0.29) is 11.3 Å². The van der Waals surface area contributed by atoms with Crippen LogP contribution in [0.25, 0.3) is 0 Å². The number of benzene rings is 2. The predicted molar refractivity (Wildman–Crippen MR) is 68.4 cm³/mol. The van der Waals surface area contributed by atoms with Gasteiger partial charge in [0.25, 0.3) is 0 Å². The lowest BCUT2D eigenvalue weighted by atomic mass is 10.00. The van der Waals surface area contributed by atoms with Crippen molar-refractivity contribution in [1.82, 2.24) is 0 Å². The van der Waals surface area contributed by atoms with Crippen LogP contribution in [0, 0.1) is 17.5 Å². The van der Waals surface area contributed by atoms with Crippen molar-refractivity contribution in [3.05, 3.63) is 63.9 Å². The lowest BCUT2D eigenvalue weighted by Gasteiger charge is -2.14. The molecule has 1 unspecified atom stereocenters. The highest BCUT2D eigenvalue weighted by Gasteiger charge is 2.21. The second-order valence-corrected chi connectivity index (χ2v) is 4.49. The Labute approximate surface area is 118 Å². The third-order valence-electron chi connectivity index (χ3n) is 2.84. The smallest absolute Gasteiger partial charge is 0.142 e. The number of hydrogen-bond acceptors (Lipinski definition) is 2. The summed E-state index contributed by atoms with van der Waals surface area (Å²) in [6.45, 7) is 0. The zero-order valence-electron chi connectivity index (χ0n) is 10.3. The van der Waals surface area contributed by atoms with Gasteiger partial charge in [0.1, 0.15) is 29.3 Å². The summed E-state index contributed by atoms with van der Waals surface area (Å²) in [6.07, 6.45) is -1.65. The highest BCUT2D eigenvalue weighted by molar-refractivity contribution is 6.30. The molecule has 20 heavy (non-hydrogen) atoms. The molecule has 0 saturated carbocycles. The summed E-state index contributed by atoms with van der Waals surface area (Å²) in [5.41, 5.74) is -0.581. The van der Waals surface area contributed by atoms with E-state index in [0.717, 1.165) is 18.2 Å². The van der Waals surface area contributed by atoms with Crippen molar-refractivity contribution in [2.24, 2.45) is 0 Å². The quantitative estimate of drug-likeness (QED) is 0.873. The Kier molecular flexibility index (Phi) is 4.20. The van der Waals surface area contributed by atoms with E-state index in [0.29, 0.717) is 0 Å². The van der Waals surface area contributed by atoms with Crippen molar-refractivity contribution in [2.45, 2.75) is 6.10 Å². The van der Waals surface area contributed by atoms with Gasteiger partial charge >= 0.3 is 0 Å². The van der Waals surface area contributed by atoms with Crippen molar-refractivity contribution < 1.29 is 23.0 Å². The van der Waals surface area contributed by atoms with Crippen LogP contribution in [0.4, 0.5) is 13.2 Å². The summed E-state index contributed by atoms with van der Waals surface area (Å²) in [5, 5.41) is 9.59. The van der Waals surface area contributed by atoms with Gasteiger partial charge in [-0.25, -0.2) is 13.2 Å². The second-order valence-electron chi connectivity index (χ2n) is 4.08. The molecule has 0 amide bonds. The average Bonchev–Trinajstić information content (AvgIpc) is 2.42. The first kappa shape index (κ1) is 14.7. The molecule has 0 spiro atoms. The van der Waals surface area contributed by atoms with Crippen molar-refractivity contribution >= 4 is 11.6 Å². The first-order chi connectivity index (χ1) is 9.43. The molecular formula is C14H10ClF3O2. The van der Waals surface area contributed by atoms with Crippen LogP contribution in [-0.4, -0.2) is 12.2 Å². The van der Waals surface area contributed by atoms with Crippen LogP contribution >= 0.6 is 11.6 Å². The number of ether oxygens (including phenoxy) is 1. The molecule has 6 heteroatoms. The molecule has 0 aromatic heterocycles. The van der Waals surface area contributed by atoms with E-state index in [2.05, 4.69) is 0 Å². The van der Waals surface area contributed by atoms with Gasteiger partial charge in [-0.3, -0.25) is 0 Å². The predicted octanol–water partition coefficient (Wildman–Crippen LogP) is 3.85. The molecule has 0 radical (unpaired) electrons. The number of methoxy groups -OCH3 is 1. The summed E-state index contributed by atoms with van der Waals surface area (Å²) >= 11 is 5.42. The first-order valence-corrected chi connectivity index (χ1v) is 5.97. The topological polar surface area (TPSA) is 29.5 Å². The summed E-state index contributed by atoms with van der Waals surface area (Å²) in [5.74, 6) is -2.34. The molecule has 106 valence electrons. The van der Waals surface area contributed by atoms with E-state index >= 15 is 0 Å². The van der Waals surface area contributed by atoms with Gasteiger partial charge < -0.3 is 9.84 Å². The third-order valence-corrected chi connectivity index (χ3v) is 3.13. The fourth-order valence-corrected chi connectivity index (χ4v) is 1.92.